The maximum absolute atomic E-state index is 11.6. The van der Waals surface area contributed by atoms with Crippen LogP contribution in [0.2, 0.25) is 0 Å². The number of hydrogen-bond acceptors (Lipinski definition) is 3. The first-order chi connectivity index (χ1) is 8.20. The monoisotopic (exact) mass is 234 g/mol. The van der Waals surface area contributed by atoms with Crippen molar-refractivity contribution in [2.24, 2.45) is 0 Å². The lowest BCUT2D eigenvalue weighted by atomic mass is 9.78. The summed E-state index contributed by atoms with van der Waals surface area (Å²) in [6, 6.07) is 3.84. The van der Waals surface area contributed by atoms with Crippen LogP contribution in [-0.4, -0.2) is 28.1 Å². The number of carboxylic acids is 1. The number of carbonyl (C=O) groups is 1. The summed E-state index contributed by atoms with van der Waals surface area (Å²) in [5.74, 6) is -0.723. The van der Waals surface area contributed by atoms with Gasteiger partial charge in [-0.3, -0.25) is 9.78 Å². The van der Waals surface area contributed by atoms with E-state index in [1.54, 1.807) is 12.4 Å². The van der Waals surface area contributed by atoms with Crippen molar-refractivity contribution in [2.45, 2.75) is 37.6 Å². The SMILES string of the molecule is CCCC1(C(=O)O)NCCC1c1cccnc1. The second-order valence-corrected chi connectivity index (χ2v) is 4.58. The molecule has 1 aromatic heterocycles. The first-order valence-electron chi connectivity index (χ1n) is 6.09. The van der Waals surface area contributed by atoms with E-state index < -0.39 is 11.5 Å². The van der Waals surface area contributed by atoms with Crippen LogP contribution in [0.1, 0.15) is 37.7 Å². The van der Waals surface area contributed by atoms with Gasteiger partial charge in [0.15, 0.2) is 0 Å². The van der Waals surface area contributed by atoms with E-state index in [2.05, 4.69) is 10.3 Å². The topological polar surface area (TPSA) is 62.2 Å². The lowest BCUT2D eigenvalue weighted by molar-refractivity contribution is -0.145. The number of carboxylic acid groups (broad SMARTS) is 1. The fraction of sp³-hybridized carbons (Fsp3) is 0.538. The molecule has 2 unspecified atom stereocenters. The van der Waals surface area contributed by atoms with Gasteiger partial charge in [0.25, 0.3) is 0 Å². The Morgan fingerprint density at radius 2 is 2.53 bits per heavy atom. The molecule has 1 aromatic rings. The smallest absolute Gasteiger partial charge is 0.324 e. The van der Waals surface area contributed by atoms with Crippen LogP contribution in [0.25, 0.3) is 0 Å². The average Bonchev–Trinajstić information content (AvgIpc) is 2.76. The van der Waals surface area contributed by atoms with E-state index in [9.17, 15) is 9.90 Å². The number of nitrogens with zero attached hydrogens (tertiary/aromatic N) is 1. The number of rotatable bonds is 4. The maximum Gasteiger partial charge on any atom is 0.324 e. The summed E-state index contributed by atoms with van der Waals surface area (Å²) >= 11 is 0. The van der Waals surface area contributed by atoms with Gasteiger partial charge < -0.3 is 10.4 Å². The number of pyridine rings is 1. The molecular weight excluding hydrogens is 216 g/mol. The van der Waals surface area contributed by atoms with Crippen molar-refractivity contribution in [1.82, 2.24) is 10.3 Å². The van der Waals surface area contributed by atoms with Crippen molar-refractivity contribution in [1.29, 1.82) is 0 Å². The summed E-state index contributed by atoms with van der Waals surface area (Å²) < 4.78 is 0. The Hall–Kier alpha value is -1.42. The maximum atomic E-state index is 11.6. The largest absolute Gasteiger partial charge is 0.480 e. The molecule has 0 bridgehead atoms. The molecule has 92 valence electrons. The average molecular weight is 234 g/mol. The zero-order valence-corrected chi connectivity index (χ0v) is 10.0. The van der Waals surface area contributed by atoms with Gasteiger partial charge in [-0.05, 0) is 31.0 Å². The van der Waals surface area contributed by atoms with Crippen molar-refractivity contribution in [3.05, 3.63) is 30.1 Å². The molecule has 1 aliphatic heterocycles. The van der Waals surface area contributed by atoms with Gasteiger partial charge in [0.2, 0.25) is 0 Å². The summed E-state index contributed by atoms with van der Waals surface area (Å²) in [7, 11) is 0. The number of hydrogen-bond donors (Lipinski definition) is 2. The Morgan fingerprint density at radius 3 is 3.12 bits per heavy atom. The van der Waals surface area contributed by atoms with Crippen LogP contribution in [-0.2, 0) is 4.79 Å². The third kappa shape index (κ3) is 2.05. The van der Waals surface area contributed by atoms with E-state index in [4.69, 9.17) is 0 Å². The Balaban J connectivity index is 2.35. The Labute approximate surface area is 101 Å². The molecule has 1 aliphatic rings. The van der Waals surface area contributed by atoms with Crippen LogP contribution in [0.15, 0.2) is 24.5 Å². The molecule has 2 N–H and O–H groups in total. The van der Waals surface area contributed by atoms with E-state index in [1.165, 1.54) is 0 Å². The van der Waals surface area contributed by atoms with Crippen molar-refractivity contribution in [3.63, 3.8) is 0 Å². The zero-order valence-electron chi connectivity index (χ0n) is 10.0. The molecule has 2 heterocycles. The summed E-state index contributed by atoms with van der Waals surface area (Å²) in [5, 5.41) is 12.7. The van der Waals surface area contributed by atoms with Gasteiger partial charge in [0.05, 0.1) is 0 Å². The van der Waals surface area contributed by atoms with Crippen LogP contribution in [0, 0.1) is 0 Å². The van der Waals surface area contributed by atoms with E-state index >= 15 is 0 Å². The molecule has 0 spiro atoms. The number of aromatic nitrogens is 1. The van der Waals surface area contributed by atoms with Gasteiger partial charge in [0.1, 0.15) is 5.54 Å². The highest BCUT2D eigenvalue weighted by molar-refractivity contribution is 5.81. The molecule has 4 heteroatoms. The minimum atomic E-state index is -0.808. The third-order valence-corrected chi connectivity index (χ3v) is 3.58. The molecule has 1 saturated heterocycles. The van der Waals surface area contributed by atoms with Gasteiger partial charge in [0, 0.05) is 18.3 Å². The fourth-order valence-corrected chi connectivity index (χ4v) is 2.83. The molecule has 0 aromatic carbocycles. The number of aliphatic carboxylic acids is 1. The molecule has 0 radical (unpaired) electrons. The quantitative estimate of drug-likeness (QED) is 0.833. The van der Waals surface area contributed by atoms with Gasteiger partial charge >= 0.3 is 5.97 Å². The van der Waals surface area contributed by atoms with Gasteiger partial charge in [-0.25, -0.2) is 0 Å². The fourth-order valence-electron chi connectivity index (χ4n) is 2.83. The van der Waals surface area contributed by atoms with E-state index in [0.29, 0.717) is 6.42 Å². The normalized spacial score (nSPS) is 28.2. The highest BCUT2D eigenvalue weighted by Gasteiger charge is 2.48. The summed E-state index contributed by atoms with van der Waals surface area (Å²) in [4.78, 5) is 15.7. The molecule has 2 rings (SSSR count). The van der Waals surface area contributed by atoms with Gasteiger partial charge in [-0.15, -0.1) is 0 Å². The highest BCUT2D eigenvalue weighted by atomic mass is 16.4. The highest BCUT2D eigenvalue weighted by Crippen LogP contribution is 2.38. The van der Waals surface area contributed by atoms with Crippen LogP contribution in [0.4, 0.5) is 0 Å². The molecule has 17 heavy (non-hydrogen) atoms. The molecular formula is C13H18N2O2. The molecule has 0 saturated carbocycles. The van der Waals surface area contributed by atoms with Gasteiger partial charge in [-0.1, -0.05) is 19.4 Å². The molecule has 1 fully saturated rings. The summed E-state index contributed by atoms with van der Waals surface area (Å²) in [5.41, 5.74) is 0.214. The summed E-state index contributed by atoms with van der Waals surface area (Å²) in [6.07, 6.45) is 5.87. The minimum absolute atomic E-state index is 0.0219. The summed E-state index contributed by atoms with van der Waals surface area (Å²) in [6.45, 7) is 2.77. The predicted molar refractivity (Wildman–Crippen MR) is 64.9 cm³/mol. The van der Waals surface area contributed by atoms with Crippen molar-refractivity contribution < 1.29 is 9.90 Å². The Kier molecular flexibility index (Phi) is 3.43. The molecule has 0 aliphatic carbocycles. The molecule has 4 nitrogen and oxygen atoms in total. The molecule has 0 amide bonds. The van der Waals surface area contributed by atoms with Crippen LogP contribution >= 0.6 is 0 Å². The zero-order chi connectivity index (χ0) is 12.3. The molecule has 2 atom stereocenters. The minimum Gasteiger partial charge on any atom is -0.480 e. The van der Waals surface area contributed by atoms with Crippen molar-refractivity contribution in [2.75, 3.05) is 6.54 Å². The van der Waals surface area contributed by atoms with Gasteiger partial charge in [-0.2, -0.15) is 0 Å². The standard InChI is InChI=1S/C13H18N2O2/c1-2-6-13(12(16)17)11(5-8-15-13)10-4-3-7-14-9-10/h3-4,7,9,11,15H,2,5-6,8H2,1H3,(H,16,17). The lowest BCUT2D eigenvalue weighted by Crippen LogP contribution is -2.51. The Bertz CT molecular complexity index is 394. The number of nitrogens with one attached hydrogen (secondary N) is 1. The lowest BCUT2D eigenvalue weighted by Gasteiger charge is -2.31. The van der Waals surface area contributed by atoms with E-state index in [1.807, 2.05) is 19.1 Å². The first kappa shape index (κ1) is 12.0. The van der Waals surface area contributed by atoms with Crippen LogP contribution < -0.4 is 5.32 Å². The van der Waals surface area contributed by atoms with Crippen LogP contribution in [0.3, 0.4) is 0 Å². The first-order valence-corrected chi connectivity index (χ1v) is 6.09. The third-order valence-electron chi connectivity index (χ3n) is 3.58. The van der Waals surface area contributed by atoms with E-state index in [-0.39, 0.29) is 5.92 Å². The predicted octanol–water partition coefficient (Wildman–Crippen LogP) is 1.78. The van der Waals surface area contributed by atoms with Crippen molar-refractivity contribution >= 4 is 5.97 Å². The van der Waals surface area contributed by atoms with E-state index in [0.717, 1.165) is 24.9 Å². The Morgan fingerprint density at radius 1 is 1.71 bits per heavy atom. The van der Waals surface area contributed by atoms with Crippen LogP contribution in [0.5, 0.6) is 0 Å². The second kappa shape index (κ2) is 4.84. The van der Waals surface area contributed by atoms with Crippen molar-refractivity contribution in [3.8, 4) is 0 Å². The second-order valence-electron chi connectivity index (χ2n) is 4.58.